The third kappa shape index (κ3) is 2.13. The second-order valence-corrected chi connectivity index (χ2v) is 3.57. The van der Waals surface area contributed by atoms with E-state index in [1.807, 2.05) is 13.8 Å². The summed E-state index contributed by atoms with van der Waals surface area (Å²) in [5, 5.41) is 0.114. The van der Waals surface area contributed by atoms with E-state index in [-0.39, 0.29) is 16.8 Å². The minimum atomic E-state index is -0.350. The molecule has 0 spiro atoms. The van der Waals surface area contributed by atoms with Gasteiger partial charge in [-0.2, -0.15) is 0 Å². The van der Waals surface area contributed by atoms with Crippen LogP contribution in [-0.4, -0.2) is 7.11 Å². The highest BCUT2D eigenvalue weighted by atomic mass is 35.5. The van der Waals surface area contributed by atoms with E-state index in [2.05, 4.69) is 0 Å². The molecule has 72 valence electrons. The highest BCUT2D eigenvalue weighted by molar-refractivity contribution is 6.31. The number of halogens is 2. The molecular formula is C10H12ClFO. The van der Waals surface area contributed by atoms with Crippen LogP contribution in [0.25, 0.3) is 0 Å². The Bertz CT molecular complexity index is 310. The Morgan fingerprint density at radius 2 is 2.00 bits per heavy atom. The van der Waals surface area contributed by atoms with Crippen molar-refractivity contribution in [3.05, 3.63) is 28.5 Å². The van der Waals surface area contributed by atoms with Gasteiger partial charge in [0.2, 0.25) is 0 Å². The van der Waals surface area contributed by atoms with Gasteiger partial charge in [0.05, 0.1) is 12.1 Å². The topological polar surface area (TPSA) is 9.23 Å². The third-order valence-corrected chi connectivity index (χ3v) is 2.16. The van der Waals surface area contributed by atoms with Gasteiger partial charge in [-0.15, -0.1) is 0 Å². The van der Waals surface area contributed by atoms with E-state index in [1.54, 1.807) is 6.07 Å². The van der Waals surface area contributed by atoms with Gasteiger partial charge < -0.3 is 4.74 Å². The Labute approximate surface area is 82.5 Å². The van der Waals surface area contributed by atoms with E-state index in [0.717, 1.165) is 0 Å². The summed E-state index contributed by atoms with van der Waals surface area (Å²) in [6.45, 7) is 3.82. The average Bonchev–Trinajstić information content (AvgIpc) is 2.09. The zero-order valence-corrected chi connectivity index (χ0v) is 8.65. The van der Waals surface area contributed by atoms with Crippen LogP contribution < -0.4 is 4.74 Å². The van der Waals surface area contributed by atoms with Gasteiger partial charge in [-0.05, 0) is 17.5 Å². The van der Waals surface area contributed by atoms with Crippen molar-refractivity contribution in [2.75, 3.05) is 7.11 Å². The summed E-state index contributed by atoms with van der Waals surface area (Å²) in [7, 11) is 1.54. The van der Waals surface area contributed by atoms with Crippen LogP contribution >= 0.6 is 11.6 Å². The van der Waals surface area contributed by atoms with Gasteiger partial charge in [-0.1, -0.05) is 25.4 Å². The van der Waals surface area contributed by atoms with Gasteiger partial charge in [-0.3, -0.25) is 0 Å². The van der Waals surface area contributed by atoms with Gasteiger partial charge in [0.15, 0.2) is 0 Å². The SMILES string of the molecule is COc1cc(Cl)c(F)c(C(C)C)c1. The van der Waals surface area contributed by atoms with Crippen molar-refractivity contribution in [3.63, 3.8) is 0 Å². The second kappa shape index (κ2) is 3.97. The van der Waals surface area contributed by atoms with Crippen LogP contribution in [0, 0.1) is 5.82 Å². The van der Waals surface area contributed by atoms with Gasteiger partial charge in [0.1, 0.15) is 11.6 Å². The fourth-order valence-electron chi connectivity index (χ4n) is 1.12. The molecule has 1 aromatic rings. The summed E-state index contributed by atoms with van der Waals surface area (Å²) in [6, 6.07) is 3.15. The number of hydrogen-bond donors (Lipinski definition) is 0. The fraction of sp³-hybridized carbons (Fsp3) is 0.400. The zero-order chi connectivity index (χ0) is 10.0. The highest BCUT2D eigenvalue weighted by Crippen LogP contribution is 2.29. The van der Waals surface area contributed by atoms with Crippen molar-refractivity contribution in [1.82, 2.24) is 0 Å². The second-order valence-electron chi connectivity index (χ2n) is 3.17. The van der Waals surface area contributed by atoms with Gasteiger partial charge >= 0.3 is 0 Å². The lowest BCUT2D eigenvalue weighted by Crippen LogP contribution is -1.95. The minimum Gasteiger partial charge on any atom is -0.497 e. The molecule has 1 nitrogen and oxygen atoms in total. The number of methoxy groups -OCH3 is 1. The van der Waals surface area contributed by atoms with Gasteiger partial charge in [0, 0.05) is 6.07 Å². The van der Waals surface area contributed by atoms with Crippen LogP contribution in [-0.2, 0) is 0 Å². The first kappa shape index (κ1) is 10.3. The van der Waals surface area contributed by atoms with Crippen molar-refractivity contribution < 1.29 is 9.13 Å². The smallest absolute Gasteiger partial charge is 0.145 e. The van der Waals surface area contributed by atoms with Crippen LogP contribution in [0.5, 0.6) is 5.75 Å². The predicted octanol–water partition coefficient (Wildman–Crippen LogP) is 3.61. The number of rotatable bonds is 2. The lowest BCUT2D eigenvalue weighted by atomic mass is 10.0. The first-order chi connectivity index (χ1) is 6.06. The standard InChI is InChI=1S/C10H12ClFO/c1-6(2)8-4-7(13-3)5-9(11)10(8)12/h4-6H,1-3H3. The first-order valence-electron chi connectivity index (χ1n) is 4.09. The molecule has 0 aromatic heterocycles. The van der Waals surface area contributed by atoms with Crippen molar-refractivity contribution in [1.29, 1.82) is 0 Å². The monoisotopic (exact) mass is 202 g/mol. The van der Waals surface area contributed by atoms with Crippen molar-refractivity contribution in [2.24, 2.45) is 0 Å². The van der Waals surface area contributed by atoms with Crippen LogP contribution in [0.3, 0.4) is 0 Å². The average molecular weight is 203 g/mol. The zero-order valence-electron chi connectivity index (χ0n) is 7.90. The lowest BCUT2D eigenvalue weighted by Gasteiger charge is -2.10. The Morgan fingerprint density at radius 1 is 1.38 bits per heavy atom. The molecule has 1 aromatic carbocycles. The van der Waals surface area contributed by atoms with E-state index < -0.39 is 0 Å². The van der Waals surface area contributed by atoms with E-state index in [0.29, 0.717) is 11.3 Å². The quantitative estimate of drug-likeness (QED) is 0.712. The first-order valence-corrected chi connectivity index (χ1v) is 4.47. The molecule has 0 saturated carbocycles. The predicted molar refractivity (Wildman–Crippen MR) is 52.1 cm³/mol. The fourth-order valence-corrected chi connectivity index (χ4v) is 1.34. The van der Waals surface area contributed by atoms with Crippen LogP contribution in [0.2, 0.25) is 5.02 Å². The van der Waals surface area contributed by atoms with Crippen LogP contribution in [0.15, 0.2) is 12.1 Å². The van der Waals surface area contributed by atoms with Crippen LogP contribution in [0.4, 0.5) is 4.39 Å². The summed E-state index contributed by atoms with van der Waals surface area (Å²) in [6.07, 6.45) is 0. The third-order valence-electron chi connectivity index (χ3n) is 1.89. The molecule has 0 atom stereocenters. The van der Waals surface area contributed by atoms with E-state index in [4.69, 9.17) is 16.3 Å². The van der Waals surface area contributed by atoms with E-state index in [9.17, 15) is 4.39 Å². The summed E-state index contributed by atoms with van der Waals surface area (Å²) in [5.41, 5.74) is 0.587. The molecule has 0 aliphatic rings. The van der Waals surface area contributed by atoms with Crippen LogP contribution in [0.1, 0.15) is 25.3 Å². The molecule has 0 unspecified atom stereocenters. The maximum absolute atomic E-state index is 13.4. The molecule has 1 rings (SSSR count). The van der Waals surface area contributed by atoms with E-state index >= 15 is 0 Å². The molecule has 0 heterocycles. The molecule has 13 heavy (non-hydrogen) atoms. The normalized spacial score (nSPS) is 10.6. The number of ether oxygens (including phenoxy) is 1. The number of benzene rings is 1. The Balaban J connectivity index is 3.25. The Kier molecular flexibility index (Phi) is 3.15. The summed E-state index contributed by atoms with van der Waals surface area (Å²) in [4.78, 5) is 0. The summed E-state index contributed by atoms with van der Waals surface area (Å²) >= 11 is 5.69. The van der Waals surface area contributed by atoms with Gasteiger partial charge in [-0.25, -0.2) is 4.39 Å². The Hall–Kier alpha value is -0.760. The molecule has 0 saturated heterocycles. The Morgan fingerprint density at radius 3 is 2.46 bits per heavy atom. The van der Waals surface area contributed by atoms with Crippen molar-refractivity contribution >= 4 is 11.6 Å². The summed E-state index contributed by atoms with van der Waals surface area (Å²) < 4.78 is 18.4. The molecular weight excluding hydrogens is 191 g/mol. The van der Waals surface area contributed by atoms with Gasteiger partial charge in [0.25, 0.3) is 0 Å². The molecule has 0 amide bonds. The van der Waals surface area contributed by atoms with Crippen molar-refractivity contribution in [2.45, 2.75) is 19.8 Å². The highest BCUT2D eigenvalue weighted by Gasteiger charge is 2.12. The van der Waals surface area contributed by atoms with E-state index in [1.165, 1.54) is 13.2 Å². The molecule has 0 bridgehead atoms. The molecule has 0 radical (unpaired) electrons. The molecule has 3 heteroatoms. The molecule has 0 fully saturated rings. The molecule has 0 N–H and O–H groups in total. The largest absolute Gasteiger partial charge is 0.497 e. The maximum Gasteiger partial charge on any atom is 0.145 e. The maximum atomic E-state index is 13.4. The lowest BCUT2D eigenvalue weighted by molar-refractivity contribution is 0.412. The molecule has 0 aliphatic carbocycles. The number of hydrogen-bond acceptors (Lipinski definition) is 1. The summed E-state index contributed by atoms with van der Waals surface area (Å²) in [5.74, 6) is 0.347. The minimum absolute atomic E-state index is 0.104. The van der Waals surface area contributed by atoms with Crippen molar-refractivity contribution in [3.8, 4) is 5.75 Å². The molecule has 0 aliphatic heterocycles.